The fourth-order valence-electron chi connectivity index (χ4n) is 5.23. The summed E-state index contributed by atoms with van der Waals surface area (Å²) in [5.74, 6) is -0.503. The number of aromatic nitrogens is 1. The lowest BCUT2D eigenvalue weighted by Gasteiger charge is -2.37. The average Bonchev–Trinajstić information content (AvgIpc) is 3.23. The van der Waals surface area contributed by atoms with E-state index >= 15 is 0 Å². The van der Waals surface area contributed by atoms with E-state index < -0.39 is 22.9 Å². The number of likely N-dealkylation sites (N-methyl/N-ethyl adjacent to an activating group) is 1. The van der Waals surface area contributed by atoms with Crippen LogP contribution in [0.2, 0.25) is 0 Å². The number of carbonyl (C=O) groups excluding carboxylic acids is 1. The Hall–Kier alpha value is -2.86. The normalized spacial score (nSPS) is 28.7. The molecule has 0 radical (unpaired) electrons. The number of nitriles is 1. The molecule has 2 atom stereocenters. The number of hydrogen-bond donors (Lipinski definition) is 1. The number of benzene rings is 1. The van der Waals surface area contributed by atoms with Crippen LogP contribution in [0.25, 0.3) is 10.9 Å². The third-order valence-corrected chi connectivity index (χ3v) is 6.90. The van der Waals surface area contributed by atoms with Crippen LogP contribution >= 0.6 is 0 Å². The van der Waals surface area contributed by atoms with Gasteiger partial charge < -0.3 is 15.1 Å². The molecule has 1 aromatic heterocycles. The lowest BCUT2D eigenvalue weighted by Crippen LogP contribution is -2.59. The molecule has 2 saturated heterocycles. The molecule has 2 unspecified atom stereocenters. The number of anilines is 1. The van der Waals surface area contributed by atoms with Gasteiger partial charge in [0.2, 0.25) is 5.91 Å². The van der Waals surface area contributed by atoms with E-state index in [1.54, 1.807) is 35.4 Å². The molecule has 5 rings (SSSR count). The number of piperidine rings is 1. The quantitative estimate of drug-likeness (QED) is 0.833. The smallest absolute Gasteiger partial charge is 0.369 e. The van der Waals surface area contributed by atoms with Crippen LogP contribution in [0.5, 0.6) is 0 Å². The number of carbonyl (C=O) groups is 1. The molecule has 3 aliphatic rings. The summed E-state index contributed by atoms with van der Waals surface area (Å²) < 4.78 is 42.4. The molecule has 1 aromatic carbocycles. The Balaban J connectivity index is 1.51. The van der Waals surface area contributed by atoms with Crippen molar-refractivity contribution in [3.63, 3.8) is 0 Å². The Labute approximate surface area is 171 Å². The van der Waals surface area contributed by atoms with Crippen LogP contribution in [0.1, 0.15) is 12.0 Å². The van der Waals surface area contributed by atoms with E-state index in [0.29, 0.717) is 35.2 Å². The Kier molecular flexibility index (Phi) is 3.87. The second-order valence-electron chi connectivity index (χ2n) is 8.73. The second-order valence-corrected chi connectivity index (χ2v) is 8.73. The van der Waals surface area contributed by atoms with Gasteiger partial charge in [-0.3, -0.25) is 9.78 Å². The fourth-order valence-corrected chi connectivity index (χ4v) is 5.23. The molecule has 3 heterocycles. The minimum atomic E-state index is -4.48. The van der Waals surface area contributed by atoms with Crippen molar-refractivity contribution in [2.24, 2.45) is 10.8 Å². The Morgan fingerprint density at radius 2 is 2.07 bits per heavy atom. The highest BCUT2D eigenvalue weighted by molar-refractivity contribution is 5.97. The van der Waals surface area contributed by atoms with E-state index in [-0.39, 0.29) is 25.6 Å². The molecular weight excluding hydrogens is 395 g/mol. The highest BCUT2D eigenvalue weighted by atomic mass is 19.4. The first-order chi connectivity index (χ1) is 14.2. The van der Waals surface area contributed by atoms with Gasteiger partial charge in [-0.05, 0) is 37.7 Å². The fraction of sp³-hybridized carbons (Fsp3) is 0.476. The van der Waals surface area contributed by atoms with Gasteiger partial charge in [0, 0.05) is 43.4 Å². The summed E-state index contributed by atoms with van der Waals surface area (Å²) in [5, 5.41) is 12.8. The number of halogens is 3. The van der Waals surface area contributed by atoms with Crippen molar-refractivity contribution in [2.45, 2.75) is 18.6 Å². The number of nitrogens with one attached hydrogen (secondary N) is 1. The predicted molar refractivity (Wildman–Crippen MR) is 104 cm³/mol. The van der Waals surface area contributed by atoms with Gasteiger partial charge in [-0.1, -0.05) is 0 Å². The van der Waals surface area contributed by atoms with Crippen LogP contribution in [0.4, 0.5) is 18.9 Å². The van der Waals surface area contributed by atoms with Gasteiger partial charge in [-0.25, -0.2) is 0 Å². The largest absolute Gasteiger partial charge is 0.397 e. The van der Waals surface area contributed by atoms with Gasteiger partial charge in [0.15, 0.2) is 0 Å². The van der Waals surface area contributed by atoms with Crippen LogP contribution in [-0.2, 0) is 4.79 Å². The highest BCUT2D eigenvalue weighted by Gasteiger charge is 2.86. The Morgan fingerprint density at radius 3 is 2.73 bits per heavy atom. The maximum atomic E-state index is 14.1. The molecular formula is C21H20F3N5O. The van der Waals surface area contributed by atoms with Crippen molar-refractivity contribution in [1.29, 1.82) is 5.26 Å². The molecule has 2 aliphatic heterocycles. The summed E-state index contributed by atoms with van der Waals surface area (Å²) in [6, 6.07) is 8.65. The first-order valence-corrected chi connectivity index (χ1v) is 9.80. The van der Waals surface area contributed by atoms with Gasteiger partial charge in [-0.2, -0.15) is 18.4 Å². The summed E-state index contributed by atoms with van der Waals surface area (Å²) in [6.45, 7) is 1.02. The van der Waals surface area contributed by atoms with E-state index in [9.17, 15) is 23.2 Å². The summed E-state index contributed by atoms with van der Waals surface area (Å²) in [5.41, 5.74) is -2.12. The minimum Gasteiger partial charge on any atom is -0.369 e. The van der Waals surface area contributed by atoms with Gasteiger partial charge in [0.05, 0.1) is 22.5 Å². The summed E-state index contributed by atoms with van der Waals surface area (Å²) in [4.78, 5) is 20.9. The van der Waals surface area contributed by atoms with Gasteiger partial charge in [0.25, 0.3) is 0 Å². The SMILES string of the molecule is CN1CC(NC(=O)C23CN(c4ccc(C#N)c5ncccc45)CC2(C(F)(F)F)C3)C1. The topological polar surface area (TPSA) is 72.3 Å². The molecule has 1 N–H and O–H groups in total. The number of alkyl halides is 3. The molecule has 1 aliphatic carbocycles. The molecule has 1 amide bonds. The van der Waals surface area contributed by atoms with E-state index in [2.05, 4.69) is 16.4 Å². The van der Waals surface area contributed by atoms with Crippen LogP contribution in [-0.4, -0.2) is 61.2 Å². The molecule has 3 fully saturated rings. The van der Waals surface area contributed by atoms with Crippen LogP contribution in [0.15, 0.2) is 30.5 Å². The lowest BCUT2D eigenvalue weighted by molar-refractivity contribution is -0.191. The van der Waals surface area contributed by atoms with E-state index in [0.717, 1.165) is 0 Å². The van der Waals surface area contributed by atoms with Crippen molar-refractivity contribution < 1.29 is 18.0 Å². The second kappa shape index (κ2) is 6.08. The monoisotopic (exact) mass is 415 g/mol. The van der Waals surface area contributed by atoms with Crippen LogP contribution in [0, 0.1) is 22.2 Å². The maximum absolute atomic E-state index is 14.1. The van der Waals surface area contributed by atoms with Crippen LogP contribution in [0.3, 0.4) is 0 Å². The number of amides is 1. The van der Waals surface area contributed by atoms with Crippen molar-refractivity contribution >= 4 is 22.5 Å². The third kappa shape index (κ3) is 2.46. The number of nitrogens with zero attached hydrogens (tertiary/aromatic N) is 4. The summed E-state index contributed by atoms with van der Waals surface area (Å²) in [7, 11) is 1.90. The first kappa shape index (κ1) is 19.1. The maximum Gasteiger partial charge on any atom is 0.397 e. The number of pyridine rings is 1. The number of rotatable bonds is 3. The van der Waals surface area contributed by atoms with E-state index in [1.165, 1.54) is 0 Å². The zero-order valence-electron chi connectivity index (χ0n) is 16.3. The zero-order valence-corrected chi connectivity index (χ0v) is 16.3. The molecule has 6 nitrogen and oxygen atoms in total. The molecule has 30 heavy (non-hydrogen) atoms. The average molecular weight is 415 g/mol. The highest BCUT2D eigenvalue weighted by Crippen LogP contribution is 2.75. The zero-order chi connectivity index (χ0) is 21.3. The first-order valence-electron chi connectivity index (χ1n) is 9.80. The van der Waals surface area contributed by atoms with Crippen molar-refractivity contribution in [3.8, 4) is 6.07 Å². The minimum absolute atomic E-state index is 0.00318. The van der Waals surface area contributed by atoms with Gasteiger partial charge in [-0.15, -0.1) is 0 Å². The van der Waals surface area contributed by atoms with Gasteiger partial charge in [0.1, 0.15) is 11.5 Å². The van der Waals surface area contributed by atoms with E-state index in [4.69, 9.17) is 0 Å². The number of hydrogen-bond acceptors (Lipinski definition) is 5. The standard InChI is InChI=1S/C21H20F3N5O/c1-28-8-14(9-28)27-18(30)19-10-20(19,21(22,23)24)12-29(11-19)16-5-4-13(7-25)17-15(16)3-2-6-26-17/h2-6,14H,8-12H2,1H3,(H,27,30). The molecule has 2 aromatic rings. The number of likely N-dealkylation sites (tertiary alicyclic amines) is 1. The van der Waals surface area contributed by atoms with Crippen LogP contribution < -0.4 is 10.2 Å². The lowest BCUT2D eigenvalue weighted by atomic mass is 9.94. The van der Waals surface area contributed by atoms with Gasteiger partial charge >= 0.3 is 6.18 Å². The van der Waals surface area contributed by atoms with Crippen molar-refractivity contribution in [3.05, 3.63) is 36.0 Å². The molecule has 0 spiro atoms. The molecule has 156 valence electrons. The molecule has 0 bridgehead atoms. The van der Waals surface area contributed by atoms with Crippen molar-refractivity contribution in [2.75, 3.05) is 38.1 Å². The Bertz CT molecular complexity index is 1090. The molecule has 1 saturated carbocycles. The summed E-state index contributed by atoms with van der Waals surface area (Å²) >= 11 is 0. The predicted octanol–water partition coefficient (Wildman–Crippen LogP) is 2.30. The Morgan fingerprint density at radius 1 is 1.30 bits per heavy atom. The number of fused-ring (bicyclic) bond motifs is 2. The molecule has 9 heteroatoms. The van der Waals surface area contributed by atoms with Crippen molar-refractivity contribution in [1.82, 2.24) is 15.2 Å². The van der Waals surface area contributed by atoms with E-state index in [1.807, 2.05) is 11.9 Å². The summed E-state index contributed by atoms with van der Waals surface area (Å²) in [6.07, 6.45) is -3.10. The third-order valence-electron chi connectivity index (χ3n) is 6.90.